The van der Waals surface area contributed by atoms with Gasteiger partial charge in [-0.3, -0.25) is 9.78 Å². The van der Waals surface area contributed by atoms with Crippen molar-refractivity contribution < 1.29 is 18.3 Å². The molecule has 0 unspecified atom stereocenters. The number of aliphatic hydroxyl groups is 1. The number of carbonyl (C=O) groups is 1. The summed E-state index contributed by atoms with van der Waals surface area (Å²) in [5.74, 6) is -0.282. The molecule has 0 aliphatic heterocycles. The molecule has 1 heterocycles. The normalized spacial score (nSPS) is 12.0. The van der Waals surface area contributed by atoms with E-state index >= 15 is 0 Å². The van der Waals surface area contributed by atoms with Crippen LogP contribution in [0.4, 0.5) is 0 Å². The molecule has 3 N–H and O–H groups in total. The fraction of sp³-hybridized carbons (Fsp3) is 0.333. The van der Waals surface area contributed by atoms with E-state index in [-0.39, 0.29) is 19.0 Å². The average Bonchev–Trinajstić information content (AvgIpc) is 2.57. The molecule has 0 aliphatic carbocycles. The lowest BCUT2D eigenvalue weighted by atomic mass is 9.96. The second-order valence-electron chi connectivity index (χ2n) is 6.52. The van der Waals surface area contributed by atoms with E-state index in [1.54, 1.807) is 50.5 Å². The van der Waals surface area contributed by atoms with E-state index in [0.717, 1.165) is 17.4 Å². The number of sulfonamides is 1. The first kappa shape index (κ1) is 20.0. The number of aromatic nitrogens is 1. The van der Waals surface area contributed by atoms with Gasteiger partial charge in [0, 0.05) is 42.2 Å². The van der Waals surface area contributed by atoms with Crippen molar-refractivity contribution in [2.45, 2.75) is 19.4 Å². The smallest absolute Gasteiger partial charge is 0.251 e. The Balaban J connectivity index is 2.03. The first-order valence-corrected chi connectivity index (χ1v) is 9.96. The lowest BCUT2D eigenvalue weighted by Crippen LogP contribution is -2.34. The number of hydrogen-bond acceptors (Lipinski definition) is 5. The van der Waals surface area contributed by atoms with Gasteiger partial charge in [-0.2, -0.15) is 0 Å². The summed E-state index contributed by atoms with van der Waals surface area (Å²) in [6.45, 7) is 3.73. The molecule has 0 radical (unpaired) electrons. The number of carbonyl (C=O) groups excluding carboxylic acids is 1. The third kappa shape index (κ3) is 5.91. The molecule has 1 aromatic heterocycles. The van der Waals surface area contributed by atoms with E-state index in [0.29, 0.717) is 11.1 Å². The van der Waals surface area contributed by atoms with E-state index in [4.69, 9.17) is 0 Å². The zero-order valence-corrected chi connectivity index (χ0v) is 15.8. The van der Waals surface area contributed by atoms with Crippen molar-refractivity contribution in [2.75, 3.05) is 19.3 Å². The molecule has 26 heavy (non-hydrogen) atoms. The third-order valence-corrected chi connectivity index (χ3v) is 4.43. The van der Waals surface area contributed by atoms with Crippen LogP contribution in [-0.2, 0) is 15.6 Å². The number of amides is 1. The highest BCUT2D eigenvalue weighted by Gasteiger charge is 2.17. The summed E-state index contributed by atoms with van der Waals surface area (Å²) < 4.78 is 24.2. The van der Waals surface area contributed by atoms with Crippen LogP contribution in [0.3, 0.4) is 0 Å². The maximum absolute atomic E-state index is 12.1. The van der Waals surface area contributed by atoms with Crippen LogP contribution in [0, 0.1) is 0 Å². The molecule has 7 nitrogen and oxygen atoms in total. The van der Waals surface area contributed by atoms with Crippen LogP contribution in [0.15, 0.2) is 42.7 Å². The molecule has 0 atom stereocenters. The summed E-state index contributed by atoms with van der Waals surface area (Å²) in [5, 5.41) is 12.7. The van der Waals surface area contributed by atoms with Gasteiger partial charge in [-0.05, 0) is 37.6 Å². The molecule has 1 aromatic carbocycles. The van der Waals surface area contributed by atoms with Gasteiger partial charge in [0.25, 0.3) is 5.91 Å². The Bertz CT molecular complexity index is 872. The molecule has 1 amide bonds. The number of nitrogens with zero attached hydrogens (tertiary/aromatic N) is 1. The van der Waals surface area contributed by atoms with Crippen LogP contribution in [0.25, 0.3) is 11.1 Å². The molecule has 2 rings (SSSR count). The first-order chi connectivity index (χ1) is 12.1. The van der Waals surface area contributed by atoms with Gasteiger partial charge in [0.2, 0.25) is 10.0 Å². The zero-order chi connectivity index (χ0) is 19.4. The first-order valence-electron chi connectivity index (χ1n) is 8.07. The molecule has 0 saturated heterocycles. The van der Waals surface area contributed by atoms with Crippen molar-refractivity contribution in [3.8, 4) is 11.1 Å². The highest BCUT2D eigenvalue weighted by atomic mass is 32.2. The molecule has 0 saturated carbocycles. The highest BCUT2D eigenvalue weighted by Crippen LogP contribution is 2.25. The van der Waals surface area contributed by atoms with Gasteiger partial charge < -0.3 is 10.4 Å². The minimum absolute atomic E-state index is 0.137. The number of hydrogen-bond donors (Lipinski definition) is 3. The second kappa shape index (κ2) is 7.94. The highest BCUT2D eigenvalue weighted by molar-refractivity contribution is 7.88. The Morgan fingerprint density at radius 3 is 2.35 bits per heavy atom. The van der Waals surface area contributed by atoms with Gasteiger partial charge >= 0.3 is 0 Å². The summed E-state index contributed by atoms with van der Waals surface area (Å²) in [6.07, 6.45) is 4.38. The number of pyridine rings is 1. The number of rotatable bonds is 7. The van der Waals surface area contributed by atoms with E-state index in [2.05, 4.69) is 15.0 Å². The Morgan fingerprint density at radius 1 is 1.12 bits per heavy atom. The van der Waals surface area contributed by atoms with Crippen LogP contribution < -0.4 is 10.0 Å². The van der Waals surface area contributed by atoms with E-state index < -0.39 is 15.6 Å². The topological polar surface area (TPSA) is 108 Å². The summed E-state index contributed by atoms with van der Waals surface area (Å²) in [5.41, 5.74) is 1.91. The Labute approximate surface area is 153 Å². The zero-order valence-electron chi connectivity index (χ0n) is 15.0. The fourth-order valence-electron chi connectivity index (χ4n) is 2.26. The van der Waals surface area contributed by atoms with Gasteiger partial charge in [-0.25, -0.2) is 13.1 Å². The Morgan fingerprint density at radius 2 is 1.77 bits per heavy atom. The van der Waals surface area contributed by atoms with E-state index in [1.807, 2.05) is 6.07 Å². The molecule has 0 spiro atoms. The van der Waals surface area contributed by atoms with Crippen LogP contribution in [-0.4, -0.2) is 43.8 Å². The SMILES string of the molecule is CC(C)(O)c1cncc(-c2ccc(C(=O)NCCNS(C)(=O)=O)cc2)c1. The lowest BCUT2D eigenvalue weighted by Gasteiger charge is -2.18. The van der Waals surface area contributed by atoms with Crippen LogP contribution in [0.1, 0.15) is 29.8 Å². The maximum atomic E-state index is 12.1. The van der Waals surface area contributed by atoms with Crippen molar-refractivity contribution in [3.05, 3.63) is 53.9 Å². The lowest BCUT2D eigenvalue weighted by molar-refractivity contribution is 0.0782. The fourth-order valence-corrected chi connectivity index (χ4v) is 2.73. The average molecular weight is 377 g/mol. The van der Waals surface area contributed by atoms with Crippen molar-refractivity contribution in [1.82, 2.24) is 15.0 Å². The number of nitrogens with one attached hydrogen (secondary N) is 2. The Hall–Kier alpha value is -2.29. The van der Waals surface area contributed by atoms with Crippen molar-refractivity contribution in [3.63, 3.8) is 0 Å². The second-order valence-corrected chi connectivity index (χ2v) is 8.35. The quantitative estimate of drug-likeness (QED) is 0.630. The minimum atomic E-state index is -3.26. The molecule has 0 bridgehead atoms. The van der Waals surface area contributed by atoms with Crippen LogP contribution >= 0.6 is 0 Å². The molecule has 0 fully saturated rings. The van der Waals surface area contributed by atoms with Gasteiger partial charge in [0.1, 0.15) is 0 Å². The molecular weight excluding hydrogens is 354 g/mol. The van der Waals surface area contributed by atoms with E-state index in [1.165, 1.54) is 0 Å². The standard InChI is InChI=1S/C18H23N3O4S/c1-18(2,23)16-10-15(11-19-12-16)13-4-6-14(7-5-13)17(22)20-8-9-21-26(3,24)25/h4-7,10-12,21,23H,8-9H2,1-3H3,(H,20,22). The van der Waals surface area contributed by atoms with Crippen molar-refractivity contribution in [1.29, 1.82) is 0 Å². The molecule has 140 valence electrons. The number of benzene rings is 1. The van der Waals surface area contributed by atoms with Gasteiger partial charge in [-0.15, -0.1) is 0 Å². The van der Waals surface area contributed by atoms with E-state index in [9.17, 15) is 18.3 Å². The van der Waals surface area contributed by atoms with Gasteiger partial charge in [0.15, 0.2) is 0 Å². The molecule has 0 aliphatic rings. The summed E-state index contributed by atoms with van der Waals surface area (Å²) >= 11 is 0. The minimum Gasteiger partial charge on any atom is -0.386 e. The van der Waals surface area contributed by atoms with Crippen molar-refractivity contribution in [2.24, 2.45) is 0 Å². The van der Waals surface area contributed by atoms with Gasteiger partial charge in [0.05, 0.1) is 11.9 Å². The Kier molecular flexibility index (Phi) is 6.12. The largest absolute Gasteiger partial charge is 0.386 e. The summed E-state index contributed by atoms with van der Waals surface area (Å²) in [4.78, 5) is 16.2. The third-order valence-electron chi connectivity index (χ3n) is 3.70. The molecule has 2 aromatic rings. The van der Waals surface area contributed by atoms with Crippen LogP contribution in [0.5, 0.6) is 0 Å². The summed E-state index contributed by atoms with van der Waals surface area (Å²) in [7, 11) is -3.26. The monoisotopic (exact) mass is 377 g/mol. The molecule has 8 heteroatoms. The van der Waals surface area contributed by atoms with Gasteiger partial charge in [-0.1, -0.05) is 12.1 Å². The van der Waals surface area contributed by atoms with Crippen LogP contribution in [0.2, 0.25) is 0 Å². The summed E-state index contributed by atoms with van der Waals surface area (Å²) in [6, 6.07) is 8.83. The maximum Gasteiger partial charge on any atom is 0.251 e. The predicted octanol–water partition coefficient (Wildman–Crippen LogP) is 1.25. The van der Waals surface area contributed by atoms with Crippen molar-refractivity contribution >= 4 is 15.9 Å². The predicted molar refractivity (Wildman–Crippen MR) is 100 cm³/mol. The molecular formula is C18H23N3O4S.